The van der Waals surface area contributed by atoms with Crippen molar-refractivity contribution in [2.45, 2.75) is 6.54 Å². The van der Waals surface area contributed by atoms with E-state index in [1.807, 2.05) is 36.4 Å². The van der Waals surface area contributed by atoms with Crippen molar-refractivity contribution in [3.63, 3.8) is 0 Å². The third kappa shape index (κ3) is 4.27. The van der Waals surface area contributed by atoms with Crippen LogP contribution in [0.3, 0.4) is 0 Å². The predicted molar refractivity (Wildman–Crippen MR) is 120 cm³/mol. The molecule has 0 aliphatic heterocycles. The van der Waals surface area contributed by atoms with E-state index in [1.165, 1.54) is 22.7 Å². The summed E-state index contributed by atoms with van der Waals surface area (Å²) < 4.78 is 6.27. The van der Waals surface area contributed by atoms with E-state index in [9.17, 15) is 9.59 Å². The molecule has 0 spiro atoms. The summed E-state index contributed by atoms with van der Waals surface area (Å²) in [5.74, 6) is 0.0516. The van der Waals surface area contributed by atoms with Crippen LogP contribution in [0.5, 0.6) is 5.75 Å². The summed E-state index contributed by atoms with van der Waals surface area (Å²) in [4.78, 5) is 29.7. The van der Waals surface area contributed by atoms with Gasteiger partial charge in [-0.25, -0.2) is 4.98 Å². The summed E-state index contributed by atoms with van der Waals surface area (Å²) in [5, 5.41) is 6.86. The Morgan fingerprint density at radius 3 is 2.70 bits per heavy atom. The minimum Gasteiger partial charge on any atom is -0.495 e. The van der Waals surface area contributed by atoms with E-state index in [0.717, 1.165) is 31.7 Å². The number of nitrogens with zero attached hydrogens (tertiary/aromatic N) is 1. The van der Waals surface area contributed by atoms with Gasteiger partial charge in [-0.15, -0.1) is 11.3 Å². The summed E-state index contributed by atoms with van der Waals surface area (Å²) in [6, 6.07) is 16.3. The largest absolute Gasteiger partial charge is 0.495 e. The minimum absolute atomic E-state index is 0.186. The molecule has 0 fully saturated rings. The molecule has 0 saturated heterocycles. The van der Waals surface area contributed by atoms with E-state index in [0.29, 0.717) is 17.0 Å². The number of hydrogen-bond acceptors (Lipinski definition) is 7. The number of nitrogens with one attached hydrogen (secondary N) is 2. The Balaban J connectivity index is 1.44. The summed E-state index contributed by atoms with van der Waals surface area (Å²) in [6.07, 6.45) is 0. The number of rotatable bonds is 7. The molecule has 0 aliphatic rings. The first-order valence-corrected chi connectivity index (χ1v) is 10.6. The van der Waals surface area contributed by atoms with E-state index in [1.54, 1.807) is 25.3 Å². The molecule has 9 heteroatoms. The zero-order valence-electron chi connectivity index (χ0n) is 16.0. The van der Waals surface area contributed by atoms with Gasteiger partial charge in [-0.1, -0.05) is 35.6 Å². The van der Waals surface area contributed by atoms with Crippen LogP contribution < -0.4 is 21.1 Å². The maximum absolute atomic E-state index is 12.5. The van der Waals surface area contributed by atoms with Gasteiger partial charge in [0, 0.05) is 12.1 Å². The summed E-state index contributed by atoms with van der Waals surface area (Å²) >= 11 is 2.80. The number of nitrogens with two attached hydrogens (primary N) is 1. The van der Waals surface area contributed by atoms with Crippen molar-refractivity contribution in [2.75, 3.05) is 12.4 Å². The van der Waals surface area contributed by atoms with Gasteiger partial charge in [0.15, 0.2) is 5.13 Å². The monoisotopic (exact) mass is 438 g/mol. The van der Waals surface area contributed by atoms with Crippen LogP contribution in [0.15, 0.2) is 54.6 Å². The fourth-order valence-corrected chi connectivity index (χ4v) is 4.91. The highest BCUT2D eigenvalue weighted by atomic mass is 32.1. The van der Waals surface area contributed by atoms with Crippen LogP contribution in [0.4, 0.5) is 10.8 Å². The molecule has 30 heavy (non-hydrogen) atoms. The predicted octanol–water partition coefficient (Wildman–Crippen LogP) is 4.14. The highest BCUT2D eigenvalue weighted by Crippen LogP contribution is 2.35. The average molecular weight is 439 g/mol. The maximum atomic E-state index is 12.5. The molecular weight excluding hydrogens is 420 g/mol. The van der Waals surface area contributed by atoms with E-state index in [4.69, 9.17) is 10.5 Å². The number of methoxy groups -OCH3 is 1. The number of carbonyl (C=O) groups excluding carboxylic acids is 2. The first-order chi connectivity index (χ1) is 14.5. The van der Waals surface area contributed by atoms with Gasteiger partial charge in [-0.3, -0.25) is 9.59 Å². The van der Waals surface area contributed by atoms with Gasteiger partial charge < -0.3 is 21.1 Å². The molecule has 2 aromatic carbocycles. The van der Waals surface area contributed by atoms with E-state index in [2.05, 4.69) is 15.6 Å². The number of thiophene rings is 1. The van der Waals surface area contributed by atoms with Crippen molar-refractivity contribution in [3.8, 4) is 5.75 Å². The molecule has 0 unspecified atom stereocenters. The molecule has 7 nitrogen and oxygen atoms in total. The van der Waals surface area contributed by atoms with Crippen LogP contribution in [0.2, 0.25) is 0 Å². The minimum atomic E-state index is -0.495. The zero-order valence-corrected chi connectivity index (χ0v) is 17.6. The standard InChI is InChI=1S/C21H18N4O3S2/c1-28-15-8-3-2-7-14(15)24-21-25-20-17(30-21)10-16(29-20)19(27)23-11-12-5-4-6-13(9-12)18(22)26/h2-10H,11H2,1H3,(H2,22,26)(H,23,27)(H,24,25). The molecule has 2 heterocycles. The van der Waals surface area contributed by atoms with Gasteiger partial charge in [0.05, 0.1) is 22.4 Å². The molecule has 152 valence electrons. The molecule has 2 aromatic heterocycles. The number of amides is 2. The molecule has 0 saturated carbocycles. The van der Waals surface area contributed by atoms with Gasteiger partial charge >= 0.3 is 0 Å². The molecular formula is C21H18N4O3S2. The Bertz CT molecular complexity index is 1200. The lowest BCUT2D eigenvalue weighted by Crippen LogP contribution is -2.22. The zero-order chi connectivity index (χ0) is 21.1. The van der Waals surface area contributed by atoms with E-state index >= 15 is 0 Å². The van der Waals surface area contributed by atoms with Crippen LogP contribution in [0, 0.1) is 0 Å². The number of ether oxygens (including phenoxy) is 1. The number of para-hydroxylation sites is 2. The number of aromatic nitrogens is 1. The SMILES string of the molecule is COc1ccccc1Nc1nc2sc(C(=O)NCc3cccc(C(N)=O)c3)cc2s1. The smallest absolute Gasteiger partial charge is 0.261 e. The second-order valence-electron chi connectivity index (χ2n) is 6.37. The van der Waals surface area contributed by atoms with Crippen LogP contribution in [-0.2, 0) is 6.54 Å². The molecule has 0 atom stereocenters. The van der Waals surface area contributed by atoms with Gasteiger partial charge in [-0.05, 0) is 35.9 Å². The number of hydrogen-bond donors (Lipinski definition) is 3. The molecule has 0 radical (unpaired) electrons. The quantitative estimate of drug-likeness (QED) is 0.402. The Morgan fingerprint density at radius 1 is 1.10 bits per heavy atom. The summed E-state index contributed by atoms with van der Waals surface area (Å²) in [5.41, 5.74) is 7.35. The Kier molecular flexibility index (Phi) is 5.64. The first-order valence-electron chi connectivity index (χ1n) is 9.01. The Morgan fingerprint density at radius 2 is 1.93 bits per heavy atom. The van der Waals surface area contributed by atoms with E-state index < -0.39 is 5.91 Å². The summed E-state index contributed by atoms with van der Waals surface area (Å²) in [6.45, 7) is 0.305. The highest BCUT2D eigenvalue weighted by molar-refractivity contribution is 7.29. The lowest BCUT2D eigenvalue weighted by atomic mass is 10.1. The van der Waals surface area contributed by atoms with Gasteiger partial charge in [0.1, 0.15) is 10.6 Å². The average Bonchev–Trinajstić information content (AvgIpc) is 3.31. The van der Waals surface area contributed by atoms with Gasteiger partial charge in [0.2, 0.25) is 5.91 Å². The fraction of sp³-hybridized carbons (Fsp3) is 0.0952. The number of anilines is 2. The van der Waals surface area contributed by atoms with Crippen molar-refractivity contribution in [1.29, 1.82) is 0 Å². The van der Waals surface area contributed by atoms with Crippen molar-refractivity contribution < 1.29 is 14.3 Å². The van der Waals surface area contributed by atoms with Crippen LogP contribution in [0.25, 0.3) is 9.53 Å². The van der Waals surface area contributed by atoms with Gasteiger partial charge in [-0.2, -0.15) is 0 Å². The number of fused-ring (bicyclic) bond motifs is 1. The van der Waals surface area contributed by atoms with Gasteiger partial charge in [0.25, 0.3) is 5.91 Å². The van der Waals surface area contributed by atoms with Crippen molar-refractivity contribution in [3.05, 3.63) is 70.6 Å². The van der Waals surface area contributed by atoms with Crippen molar-refractivity contribution in [1.82, 2.24) is 10.3 Å². The van der Waals surface area contributed by atoms with Crippen LogP contribution in [0.1, 0.15) is 25.6 Å². The highest BCUT2D eigenvalue weighted by Gasteiger charge is 2.15. The normalized spacial score (nSPS) is 10.7. The first kappa shape index (κ1) is 19.9. The molecule has 4 aromatic rings. The Labute approximate surface area is 180 Å². The number of primary amides is 1. The molecule has 0 bridgehead atoms. The number of benzene rings is 2. The maximum Gasteiger partial charge on any atom is 0.261 e. The second kappa shape index (κ2) is 8.52. The fourth-order valence-electron chi connectivity index (χ4n) is 2.87. The van der Waals surface area contributed by atoms with Crippen LogP contribution in [-0.4, -0.2) is 23.9 Å². The number of thiazole rings is 1. The van der Waals surface area contributed by atoms with Crippen molar-refractivity contribution in [2.24, 2.45) is 5.73 Å². The topological polar surface area (TPSA) is 106 Å². The third-order valence-corrected chi connectivity index (χ3v) is 6.40. The number of carbonyl (C=O) groups is 2. The third-order valence-electron chi connectivity index (χ3n) is 4.33. The van der Waals surface area contributed by atoms with E-state index in [-0.39, 0.29) is 5.91 Å². The Hall–Kier alpha value is -3.43. The second-order valence-corrected chi connectivity index (χ2v) is 8.43. The molecule has 4 N–H and O–H groups in total. The summed E-state index contributed by atoms with van der Waals surface area (Å²) in [7, 11) is 1.62. The molecule has 0 aliphatic carbocycles. The molecule has 4 rings (SSSR count). The lowest BCUT2D eigenvalue weighted by Gasteiger charge is -2.07. The van der Waals surface area contributed by atoms with Crippen LogP contribution >= 0.6 is 22.7 Å². The van der Waals surface area contributed by atoms with Crippen molar-refractivity contribution >= 4 is 54.8 Å². The lowest BCUT2D eigenvalue weighted by molar-refractivity contribution is 0.0954. The molecule has 2 amide bonds.